The zero-order valence-corrected chi connectivity index (χ0v) is 14.3. The first-order valence-electron chi connectivity index (χ1n) is 8.87. The number of hydrogen-bond acceptors (Lipinski definition) is 2. The average Bonchev–Trinajstić information content (AvgIpc) is 2.97. The second-order valence-electron chi connectivity index (χ2n) is 6.47. The highest BCUT2D eigenvalue weighted by molar-refractivity contribution is 5.74. The average molecular weight is 326 g/mol. The van der Waals surface area contributed by atoms with E-state index in [9.17, 15) is 4.79 Å². The molecule has 1 saturated carbocycles. The molecule has 24 heavy (non-hydrogen) atoms. The molecule has 1 fully saturated rings. The Bertz CT molecular complexity index is 659. The lowest BCUT2D eigenvalue weighted by molar-refractivity contribution is 0.233. The molecule has 3 rings (SSSR count). The van der Waals surface area contributed by atoms with Gasteiger partial charge in [-0.1, -0.05) is 37.5 Å². The number of aromatic nitrogens is 2. The van der Waals surface area contributed by atoms with Gasteiger partial charge in [0.2, 0.25) is 0 Å². The summed E-state index contributed by atoms with van der Waals surface area (Å²) in [5, 5.41) is 6.02. The Kier molecular flexibility index (Phi) is 5.51. The molecule has 1 aliphatic rings. The quantitative estimate of drug-likeness (QED) is 0.885. The third-order valence-corrected chi connectivity index (χ3v) is 4.57. The summed E-state index contributed by atoms with van der Waals surface area (Å²) in [5.41, 5.74) is 2.10. The highest BCUT2D eigenvalue weighted by atomic mass is 16.2. The number of aryl methyl sites for hydroxylation is 1. The van der Waals surface area contributed by atoms with E-state index in [1.807, 2.05) is 31.3 Å². The molecule has 1 aromatic heterocycles. The van der Waals surface area contributed by atoms with Crippen LogP contribution in [0.15, 0.2) is 36.5 Å². The van der Waals surface area contributed by atoms with E-state index >= 15 is 0 Å². The van der Waals surface area contributed by atoms with Crippen molar-refractivity contribution in [2.75, 3.05) is 6.54 Å². The second-order valence-corrected chi connectivity index (χ2v) is 6.47. The van der Waals surface area contributed by atoms with E-state index in [1.165, 1.54) is 19.3 Å². The Labute approximate surface area is 143 Å². The lowest BCUT2D eigenvalue weighted by Gasteiger charge is -2.22. The summed E-state index contributed by atoms with van der Waals surface area (Å²) < 4.78 is 2.08. The fourth-order valence-electron chi connectivity index (χ4n) is 3.29. The molecule has 0 unspecified atom stereocenters. The third-order valence-electron chi connectivity index (χ3n) is 4.57. The van der Waals surface area contributed by atoms with Gasteiger partial charge in [-0.2, -0.15) is 0 Å². The summed E-state index contributed by atoms with van der Waals surface area (Å²) in [5.74, 6) is 0.961. The number of nitrogens with zero attached hydrogens (tertiary/aromatic N) is 2. The summed E-state index contributed by atoms with van der Waals surface area (Å²) in [6.45, 7) is 2.60. The molecule has 0 aliphatic heterocycles. The molecule has 1 aliphatic carbocycles. The van der Waals surface area contributed by atoms with E-state index in [0.29, 0.717) is 12.6 Å². The van der Waals surface area contributed by atoms with Crippen molar-refractivity contribution in [3.05, 3.63) is 48.0 Å². The predicted molar refractivity (Wildman–Crippen MR) is 95.4 cm³/mol. The Morgan fingerprint density at radius 3 is 2.71 bits per heavy atom. The van der Waals surface area contributed by atoms with E-state index in [2.05, 4.69) is 32.3 Å². The van der Waals surface area contributed by atoms with Crippen LogP contribution in [0.3, 0.4) is 0 Å². The van der Waals surface area contributed by atoms with Gasteiger partial charge in [-0.25, -0.2) is 9.78 Å². The van der Waals surface area contributed by atoms with Gasteiger partial charge in [-0.15, -0.1) is 0 Å². The van der Waals surface area contributed by atoms with Crippen LogP contribution < -0.4 is 10.6 Å². The number of hydrogen-bond donors (Lipinski definition) is 2. The molecular formula is C19H26N4O. The standard InChI is InChI=1S/C19H26N4O/c1-15-21-17(14-23(15)18-10-6-3-7-11-18)12-13-20-19(24)22-16-8-4-2-5-9-16/h3,6-7,10-11,14,16H,2,4-5,8-9,12-13H2,1H3,(H2,20,22,24). The number of carbonyl (C=O) groups excluding carboxylic acids is 1. The maximum atomic E-state index is 11.9. The first-order valence-corrected chi connectivity index (χ1v) is 8.87. The van der Waals surface area contributed by atoms with Crippen LogP contribution in [0, 0.1) is 6.92 Å². The fraction of sp³-hybridized carbons (Fsp3) is 0.474. The van der Waals surface area contributed by atoms with E-state index in [1.54, 1.807) is 0 Å². The van der Waals surface area contributed by atoms with Crippen molar-refractivity contribution in [3.63, 3.8) is 0 Å². The van der Waals surface area contributed by atoms with Crippen LogP contribution in [0.25, 0.3) is 5.69 Å². The Balaban J connectivity index is 1.47. The van der Waals surface area contributed by atoms with Crippen LogP contribution in [-0.4, -0.2) is 28.2 Å². The largest absolute Gasteiger partial charge is 0.338 e. The van der Waals surface area contributed by atoms with Crippen LogP contribution in [0.1, 0.15) is 43.6 Å². The highest BCUT2D eigenvalue weighted by Crippen LogP contribution is 2.17. The van der Waals surface area contributed by atoms with E-state index in [-0.39, 0.29) is 6.03 Å². The van der Waals surface area contributed by atoms with Gasteiger partial charge in [-0.05, 0) is 31.9 Å². The highest BCUT2D eigenvalue weighted by Gasteiger charge is 2.15. The normalized spacial score (nSPS) is 15.2. The molecule has 0 saturated heterocycles. The van der Waals surface area contributed by atoms with Crippen molar-refractivity contribution < 1.29 is 4.79 Å². The maximum Gasteiger partial charge on any atom is 0.315 e. The van der Waals surface area contributed by atoms with Crippen LogP contribution in [0.2, 0.25) is 0 Å². The maximum absolute atomic E-state index is 11.9. The lowest BCUT2D eigenvalue weighted by atomic mass is 9.96. The topological polar surface area (TPSA) is 59.0 Å². The van der Waals surface area contributed by atoms with Crippen LogP contribution >= 0.6 is 0 Å². The minimum absolute atomic E-state index is 0.0545. The van der Waals surface area contributed by atoms with Gasteiger partial charge in [0, 0.05) is 30.9 Å². The van der Waals surface area contributed by atoms with Gasteiger partial charge < -0.3 is 15.2 Å². The number of para-hydroxylation sites is 1. The minimum atomic E-state index is -0.0545. The Hall–Kier alpha value is -2.30. The van der Waals surface area contributed by atoms with E-state index in [0.717, 1.165) is 36.5 Å². The third kappa shape index (κ3) is 4.37. The molecule has 128 valence electrons. The molecule has 0 radical (unpaired) electrons. The molecule has 1 aromatic carbocycles. The smallest absolute Gasteiger partial charge is 0.315 e. The Morgan fingerprint density at radius 1 is 1.21 bits per heavy atom. The zero-order chi connectivity index (χ0) is 16.8. The van der Waals surface area contributed by atoms with Crippen molar-refractivity contribution in [1.29, 1.82) is 0 Å². The fourth-order valence-corrected chi connectivity index (χ4v) is 3.29. The number of nitrogens with one attached hydrogen (secondary N) is 2. The number of benzene rings is 1. The van der Waals surface area contributed by atoms with Gasteiger partial charge in [0.1, 0.15) is 5.82 Å². The van der Waals surface area contributed by atoms with E-state index < -0.39 is 0 Å². The summed E-state index contributed by atoms with van der Waals surface area (Å²) in [6, 6.07) is 10.5. The summed E-state index contributed by atoms with van der Waals surface area (Å²) in [7, 11) is 0. The number of rotatable bonds is 5. The van der Waals surface area contributed by atoms with Crippen molar-refractivity contribution in [2.45, 2.75) is 51.5 Å². The van der Waals surface area contributed by atoms with Crippen molar-refractivity contribution in [3.8, 4) is 5.69 Å². The Morgan fingerprint density at radius 2 is 1.96 bits per heavy atom. The van der Waals surface area contributed by atoms with Crippen LogP contribution in [0.5, 0.6) is 0 Å². The number of imidazole rings is 1. The second kappa shape index (κ2) is 7.99. The van der Waals surface area contributed by atoms with Crippen molar-refractivity contribution >= 4 is 6.03 Å². The van der Waals surface area contributed by atoms with Crippen molar-refractivity contribution in [2.24, 2.45) is 0 Å². The summed E-state index contributed by atoms with van der Waals surface area (Å²) in [4.78, 5) is 16.5. The molecule has 0 spiro atoms. The molecule has 5 heteroatoms. The zero-order valence-electron chi connectivity index (χ0n) is 14.3. The molecule has 1 heterocycles. The molecule has 2 amide bonds. The molecule has 0 atom stereocenters. The van der Waals surface area contributed by atoms with Gasteiger partial charge in [-0.3, -0.25) is 0 Å². The first-order chi connectivity index (χ1) is 11.7. The van der Waals surface area contributed by atoms with Gasteiger partial charge >= 0.3 is 6.03 Å². The van der Waals surface area contributed by atoms with Crippen LogP contribution in [0.4, 0.5) is 4.79 Å². The molecule has 0 bridgehead atoms. The van der Waals surface area contributed by atoms with Crippen molar-refractivity contribution in [1.82, 2.24) is 20.2 Å². The number of amides is 2. The number of urea groups is 1. The monoisotopic (exact) mass is 326 g/mol. The lowest BCUT2D eigenvalue weighted by Crippen LogP contribution is -2.43. The molecule has 2 aromatic rings. The van der Waals surface area contributed by atoms with Crippen LogP contribution in [-0.2, 0) is 6.42 Å². The van der Waals surface area contributed by atoms with Gasteiger partial charge in [0.15, 0.2) is 0 Å². The summed E-state index contributed by atoms with van der Waals surface area (Å²) in [6.07, 6.45) is 8.73. The predicted octanol–water partition coefficient (Wildman–Crippen LogP) is 3.36. The van der Waals surface area contributed by atoms with Gasteiger partial charge in [0.05, 0.1) is 5.69 Å². The van der Waals surface area contributed by atoms with Gasteiger partial charge in [0.25, 0.3) is 0 Å². The minimum Gasteiger partial charge on any atom is -0.338 e. The van der Waals surface area contributed by atoms with E-state index in [4.69, 9.17) is 0 Å². The number of carbonyl (C=O) groups is 1. The molecular weight excluding hydrogens is 300 g/mol. The molecule has 2 N–H and O–H groups in total. The summed E-state index contributed by atoms with van der Waals surface area (Å²) >= 11 is 0. The molecule has 5 nitrogen and oxygen atoms in total. The SMILES string of the molecule is Cc1nc(CCNC(=O)NC2CCCCC2)cn1-c1ccccc1. The first kappa shape index (κ1) is 16.6.